The normalized spacial score (nSPS) is 13.9. The standard InChI is InChI=1S/C21H26N4S/c1-22-21(23-13-16-26-20-7-3-2-4-8-20)24-17-18-9-11-19(12-10-18)25-14-5-6-15-25/h2-12H,13-17H2,1H3,(H2,22,23,24). The van der Waals surface area contributed by atoms with E-state index >= 15 is 0 Å². The predicted octanol–water partition coefficient (Wildman–Crippen LogP) is 3.52. The molecule has 2 aromatic carbocycles. The summed E-state index contributed by atoms with van der Waals surface area (Å²) in [5.74, 6) is 1.84. The van der Waals surface area contributed by atoms with Crippen LogP contribution in [0.15, 0.2) is 76.6 Å². The molecule has 26 heavy (non-hydrogen) atoms. The molecule has 0 radical (unpaired) electrons. The van der Waals surface area contributed by atoms with Gasteiger partial charge in [0.2, 0.25) is 0 Å². The molecule has 0 spiro atoms. The lowest BCUT2D eigenvalue weighted by molar-refractivity contribution is 0.832. The van der Waals surface area contributed by atoms with Crippen LogP contribution in [0.5, 0.6) is 0 Å². The zero-order chi connectivity index (χ0) is 18.0. The van der Waals surface area contributed by atoms with Gasteiger partial charge in [0, 0.05) is 49.6 Å². The van der Waals surface area contributed by atoms with Crippen LogP contribution in [0.1, 0.15) is 5.56 Å². The Labute approximate surface area is 160 Å². The molecule has 5 heteroatoms. The smallest absolute Gasteiger partial charge is 0.191 e. The third kappa shape index (κ3) is 5.56. The van der Waals surface area contributed by atoms with Gasteiger partial charge in [0.05, 0.1) is 0 Å². The van der Waals surface area contributed by atoms with Gasteiger partial charge in [0.15, 0.2) is 5.96 Å². The molecule has 0 amide bonds. The van der Waals surface area contributed by atoms with Crippen molar-refractivity contribution in [2.75, 3.05) is 37.3 Å². The van der Waals surface area contributed by atoms with E-state index in [1.54, 1.807) is 0 Å². The zero-order valence-electron chi connectivity index (χ0n) is 15.2. The molecule has 0 saturated heterocycles. The topological polar surface area (TPSA) is 39.7 Å². The van der Waals surface area contributed by atoms with Gasteiger partial charge in [-0.15, -0.1) is 11.8 Å². The van der Waals surface area contributed by atoms with E-state index in [0.29, 0.717) is 0 Å². The second kappa shape index (κ2) is 9.92. The first-order chi connectivity index (χ1) is 12.8. The summed E-state index contributed by atoms with van der Waals surface area (Å²) in [5.41, 5.74) is 2.53. The number of thioether (sulfide) groups is 1. The first-order valence-electron chi connectivity index (χ1n) is 8.96. The Morgan fingerprint density at radius 1 is 1.00 bits per heavy atom. The lowest BCUT2D eigenvalue weighted by Crippen LogP contribution is -2.37. The Hall–Kier alpha value is -2.40. The fraction of sp³-hybridized carbons (Fsp3) is 0.286. The number of anilines is 1. The van der Waals surface area contributed by atoms with Crippen LogP contribution in [0.3, 0.4) is 0 Å². The summed E-state index contributed by atoms with van der Waals surface area (Å²) >= 11 is 1.85. The van der Waals surface area contributed by atoms with Gasteiger partial charge in [0.25, 0.3) is 0 Å². The Morgan fingerprint density at radius 3 is 2.42 bits per heavy atom. The van der Waals surface area contributed by atoms with E-state index < -0.39 is 0 Å². The third-order valence-corrected chi connectivity index (χ3v) is 5.22. The lowest BCUT2D eigenvalue weighted by atomic mass is 10.2. The monoisotopic (exact) mass is 366 g/mol. The maximum atomic E-state index is 4.30. The summed E-state index contributed by atoms with van der Waals surface area (Å²) < 4.78 is 0. The van der Waals surface area contributed by atoms with Crippen molar-refractivity contribution in [2.24, 2.45) is 4.99 Å². The predicted molar refractivity (Wildman–Crippen MR) is 113 cm³/mol. The highest BCUT2D eigenvalue weighted by atomic mass is 32.2. The molecule has 0 atom stereocenters. The molecular formula is C21H26N4S. The molecule has 4 nitrogen and oxygen atoms in total. The minimum Gasteiger partial charge on any atom is -0.364 e. The summed E-state index contributed by atoms with van der Waals surface area (Å²) in [6.45, 7) is 3.66. The van der Waals surface area contributed by atoms with E-state index in [1.807, 2.05) is 24.9 Å². The molecule has 0 aliphatic carbocycles. The van der Waals surface area contributed by atoms with Crippen molar-refractivity contribution in [1.82, 2.24) is 10.6 Å². The number of hydrogen-bond acceptors (Lipinski definition) is 3. The molecule has 3 rings (SSSR count). The van der Waals surface area contributed by atoms with E-state index in [-0.39, 0.29) is 0 Å². The van der Waals surface area contributed by atoms with Gasteiger partial charge < -0.3 is 15.5 Å². The average Bonchev–Trinajstić information content (AvgIpc) is 3.23. The highest BCUT2D eigenvalue weighted by Crippen LogP contribution is 2.17. The fourth-order valence-corrected chi connectivity index (χ4v) is 3.56. The molecular weight excluding hydrogens is 340 g/mol. The van der Waals surface area contributed by atoms with E-state index in [0.717, 1.165) is 37.9 Å². The van der Waals surface area contributed by atoms with Gasteiger partial charge in [-0.05, 0) is 29.8 Å². The number of benzene rings is 2. The molecule has 136 valence electrons. The average molecular weight is 367 g/mol. The molecule has 1 heterocycles. The van der Waals surface area contributed by atoms with Crippen LogP contribution in [-0.2, 0) is 6.54 Å². The van der Waals surface area contributed by atoms with Crippen molar-refractivity contribution >= 4 is 23.4 Å². The van der Waals surface area contributed by atoms with Crippen molar-refractivity contribution in [1.29, 1.82) is 0 Å². The number of nitrogens with one attached hydrogen (secondary N) is 2. The zero-order valence-corrected chi connectivity index (χ0v) is 16.0. The van der Waals surface area contributed by atoms with Crippen LogP contribution in [-0.4, -0.2) is 38.4 Å². The van der Waals surface area contributed by atoms with Crippen LogP contribution in [0.25, 0.3) is 0 Å². The molecule has 2 N–H and O–H groups in total. The molecule has 0 saturated carbocycles. The first-order valence-corrected chi connectivity index (χ1v) is 9.95. The van der Waals surface area contributed by atoms with Crippen LogP contribution < -0.4 is 15.5 Å². The Bertz CT molecular complexity index is 717. The molecule has 0 unspecified atom stereocenters. The van der Waals surface area contributed by atoms with Gasteiger partial charge in [-0.1, -0.05) is 42.5 Å². The van der Waals surface area contributed by atoms with Crippen molar-refractivity contribution in [3.63, 3.8) is 0 Å². The van der Waals surface area contributed by atoms with Crippen LogP contribution in [0.2, 0.25) is 0 Å². The molecule has 0 aromatic heterocycles. The number of guanidine groups is 1. The number of nitrogens with zero attached hydrogens (tertiary/aromatic N) is 2. The number of rotatable bonds is 7. The number of hydrogen-bond donors (Lipinski definition) is 2. The lowest BCUT2D eigenvalue weighted by Gasteiger charge is -2.18. The fourth-order valence-electron chi connectivity index (χ4n) is 2.77. The quantitative estimate of drug-likeness (QED) is 0.259. The maximum absolute atomic E-state index is 4.30. The Balaban J connectivity index is 1.38. The summed E-state index contributed by atoms with van der Waals surface area (Å²) in [4.78, 5) is 7.94. The first kappa shape index (κ1) is 18.4. The van der Waals surface area contributed by atoms with Crippen LogP contribution in [0, 0.1) is 0 Å². The van der Waals surface area contributed by atoms with E-state index in [9.17, 15) is 0 Å². The summed E-state index contributed by atoms with van der Waals surface area (Å²) in [6.07, 6.45) is 4.42. The molecule has 2 aromatic rings. The van der Waals surface area contributed by atoms with Crippen molar-refractivity contribution in [3.05, 3.63) is 72.3 Å². The summed E-state index contributed by atoms with van der Waals surface area (Å²) in [6, 6.07) is 19.2. The minimum atomic E-state index is 0.768. The highest BCUT2D eigenvalue weighted by molar-refractivity contribution is 7.99. The SMILES string of the molecule is CN=C(NCCSc1ccccc1)NCc1ccc(N2CC=CC2)cc1. The second-order valence-corrected chi connectivity index (χ2v) is 7.23. The van der Waals surface area contributed by atoms with Crippen LogP contribution in [0.4, 0.5) is 5.69 Å². The summed E-state index contributed by atoms with van der Waals surface area (Å²) in [5, 5.41) is 6.74. The van der Waals surface area contributed by atoms with Gasteiger partial charge >= 0.3 is 0 Å². The van der Waals surface area contributed by atoms with Crippen molar-refractivity contribution in [2.45, 2.75) is 11.4 Å². The molecule has 1 aliphatic rings. The second-order valence-electron chi connectivity index (χ2n) is 6.06. The van der Waals surface area contributed by atoms with E-state index in [4.69, 9.17) is 0 Å². The minimum absolute atomic E-state index is 0.768. The molecule has 0 bridgehead atoms. The maximum Gasteiger partial charge on any atom is 0.191 e. The highest BCUT2D eigenvalue weighted by Gasteiger charge is 2.07. The van der Waals surface area contributed by atoms with E-state index in [1.165, 1.54) is 16.1 Å². The Morgan fingerprint density at radius 2 is 1.73 bits per heavy atom. The van der Waals surface area contributed by atoms with Crippen molar-refractivity contribution < 1.29 is 0 Å². The summed E-state index contributed by atoms with van der Waals surface area (Å²) in [7, 11) is 1.81. The van der Waals surface area contributed by atoms with Gasteiger partial charge in [0.1, 0.15) is 0 Å². The van der Waals surface area contributed by atoms with Gasteiger partial charge in [-0.25, -0.2) is 0 Å². The van der Waals surface area contributed by atoms with Gasteiger partial charge in [-0.2, -0.15) is 0 Å². The molecule has 1 aliphatic heterocycles. The number of aliphatic imine (C=N–C) groups is 1. The van der Waals surface area contributed by atoms with E-state index in [2.05, 4.69) is 81.2 Å². The van der Waals surface area contributed by atoms with Crippen molar-refractivity contribution in [3.8, 4) is 0 Å². The molecule has 0 fully saturated rings. The third-order valence-electron chi connectivity index (χ3n) is 4.21. The van der Waals surface area contributed by atoms with Crippen LogP contribution >= 0.6 is 11.8 Å². The largest absolute Gasteiger partial charge is 0.364 e. The Kier molecular flexibility index (Phi) is 7.02. The van der Waals surface area contributed by atoms with Gasteiger partial charge in [-0.3, -0.25) is 4.99 Å².